The minimum absolute atomic E-state index is 0.00704. The predicted molar refractivity (Wildman–Crippen MR) is 52.1 cm³/mol. The van der Waals surface area contributed by atoms with Crippen LogP contribution in [-0.4, -0.2) is 23.7 Å². The average molecular weight is 212 g/mol. The third-order valence-electron chi connectivity index (χ3n) is 2.36. The van der Waals surface area contributed by atoms with E-state index in [2.05, 4.69) is 4.98 Å². The quantitative estimate of drug-likeness (QED) is 0.697. The van der Waals surface area contributed by atoms with Crippen LogP contribution in [-0.2, 0) is 16.6 Å². The number of sulfonamides is 1. The summed E-state index contributed by atoms with van der Waals surface area (Å²) in [5.41, 5.74) is 0.841. The van der Waals surface area contributed by atoms with E-state index in [1.807, 2.05) is 13.8 Å². The first kappa shape index (κ1) is 9.61. The van der Waals surface area contributed by atoms with E-state index in [4.69, 9.17) is 0 Å². The van der Waals surface area contributed by atoms with E-state index in [0.29, 0.717) is 11.4 Å². The summed E-state index contributed by atoms with van der Waals surface area (Å²) >= 11 is 0. The fraction of sp³-hybridized carbons (Fsp3) is 0.444. The van der Waals surface area contributed by atoms with Crippen LogP contribution in [0.4, 0.5) is 0 Å². The van der Waals surface area contributed by atoms with E-state index < -0.39 is 10.0 Å². The van der Waals surface area contributed by atoms with Gasteiger partial charge in [0.05, 0.1) is 0 Å². The molecule has 0 bridgehead atoms. The zero-order valence-electron chi connectivity index (χ0n) is 8.14. The summed E-state index contributed by atoms with van der Waals surface area (Å²) < 4.78 is 25.3. The van der Waals surface area contributed by atoms with Crippen molar-refractivity contribution in [2.45, 2.75) is 31.3 Å². The van der Waals surface area contributed by atoms with E-state index in [1.54, 1.807) is 12.3 Å². The molecule has 1 aliphatic heterocycles. The molecule has 1 aromatic heterocycles. The van der Waals surface area contributed by atoms with Gasteiger partial charge in [-0.15, -0.1) is 0 Å². The maximum Gasteiger partial charge on any atom is 0.245 e. The molecule has 76 valence electrons. The highest BCUT2D eigenvalue weighted by Gasteiger charge is 2.35. The largest absolute Gasteiger partial charge is 0.263 e. The molecule has 0 radical (unpaired) electrons. The van der Waals surface area contributed by atoms with Crippen LogP contribution in [0.25, 0.3) is 0 Å². The first-order valence-corrected chi connectivity index (χ1v) is 5.92. The van der Waals surface area contributed by atoms with Crippen molar-refractivity contribution in [3.05, 3.63) is 24.0 Å². The maximum atomic E-state index is 11.9. The van der Waals surface area contributed by atoms with Gasteiger partial charge in [-0.3, -0.25) is 4.98 Å². The second-order valence-electron chi connectivity index (χ2n) is 3.63. The Bertz CT molecular complexity index is 454. The third-order valence-corrected chi connectivity index (χ3v) is 4.45. The Morgan fingerprint density at radius 1 is 1.50 bits per heavy atom. The standard InChI is InChI=1S/C9H12N2O2S/c1-7(2)11-6-8-3-4-10-5-9(8)14(11,12)13/h3-5,7H,6H2,1-2H3. The average Bonchev–Trinajstić information content (AvgIpc) is 2.39. The van der Waals surface area contributed by atoms with E-state index in [0.717, 1.165) is 5.56 Å². The molecule has 0 aliphatic carbocycles. The zero-order chi connectivity index (χ0) is 10.3. The van der Waals surface area contributed by atoms with Gasteiger partial charge in [0.15, 0.2) is 0 Å². The molecule has 0 saturated heterocycles. The summed E-state index contributed by atoms with van der Waals surface area (Å²) in [6.45, 7) is 4.21. The molecule has 2 heterocycles. The minimum Gasteiger partial charge on any atom is -0.263 e. The highest BCUT2D eigenvalue weighted by atomic mass is 32.2. The Labute approximate surface area is 83.6 Å². The van der Waals surface area contributed by atoms with Gasteiger partial charge in [-0.2, -0.15) is 4.31 Å². The summed E-state index contributed by atoms with van der Waals surface area (Å²) in [5.74, 6) is 0. The first-order valence-electron chi connectivity index (χ1n) is 4.48. The SMILES string of the molecule is CC(C)N1Cc2ccncc2S1(=O)=O. The lowest BCUT2D eigenvalue weighted by Gasteiger charge is -2.18. The van der Waals surface area contributed by atoms with Crippen molar-refractivity contribution in [2.75, 3.05) is 0 Å². The van der Waals surface area contributed by atoms with Gasteiger partial charge in [-0.25, -0.2) is 8.42 Å². The summed E-state index contributed by atoms with van der Waals surface area (Å²) in [6, 6.07) is 1.75. The Kier molecular flexibility index (Phi) is 2.08. The summed E-state index contributed by atoms with van der Waals surface area (Å²) in [4.78, 5) is 4.20. The van der Waals surface area contributed by atoms with Gasteiger partial charge in [0, 0.05) is 25.0 Å². The molecule has 2 rings (SSSR count). The van der Waals surface area contributed by atoms with Gasteiger partial charge in [-0.05, 0) is 25.5 Å². The molecule has 0 aromatic carbocycles. The van der Waals surface area contributed by atoms with Gasteiger partial charge < -0.3 is 0 Å². The van der Waals surface area contributed by atoms with Gasteiger partial charge in [0.1, 0.15) is 4.90 Å². The number of rotatable bonds is 1. The van der Waals surface area contributed by atoms with Crippen LogP contribution in [0.15, 0.2) is 23.4 Å². The Morgan fingerprint density at radius 3 is 2.79 bits per heavy atom. The Morgan fingerprint density at radius 2 is 2.21 bits per heavy atom. The zero-order valence-corrected chi connectivity index (χ0v) is 8.95. The molecule has 0 N–H and O–H groups in total. The molecular formula is C9H12N2O2S. The monoisotopic (exact) mass is 212 g/mol. The first-order chi connectivity index (χ1) is 6.53. The van der Waals surface area contributed by atoms with E-state index in [-0.39, 0.29) is 6.04 Å². The highest BCUT2D eigenvalue weighted by Crippen LogP contribution is 2.30. The van der Waals surface area contributed by atoms with Crippen LogP contribution in [0, 0.1) is 0 Å². The van der Waals surface area contributed by atoms with Crippen LogP contribution in [0.1, 0.15) is 19.4 Å². The fourth-order valence-electron chi connectivity index (χ4n) is 1.61. The number of hydrogen-bond donors (Lipinski definition) is 0. The number of pyridine rings is 1. The van der Waals surface area contributed by atoms with E-state index in [1.165, 1.54) is 10.5 Å². The van der Waals surface area contributed by atoms with Crippen LogP contribution in [0.3, 0.4) is 0 Å². The predicted octanol–water partition coefficient (Wildman–Crippen LogP) is 0.994. The summed E-state index contributed by atoms with van der Waals surface area (Å²) in [6.07, 6.45) is 3.05. The molecule has 0 spiro atoms. The third kappa shape index (κ3) is 1.24. The molecular weight excluding hydrogens is 200 g/mol. The second kappa shape index (κ2) is 3.03. The Balaban J connectivity index is 2.57. The van der Waals surface area contributed by atoms with Crippen LogP contribution in [0.2, 0.25) is 0 Å². The van der Waals surface area contributed by atoms with Gasteiger partial charge in [0.25, 0.3) is 0 Å². The maximum absolute atomic E-state index is 11.9. The number of nitrogens with zero attached hydrogens (tertiary/aromatic N) is 2. The molecule has 1 aliphatic rings. The summed E-state index contributed by atoms with van der Waals surface area (Å²) in [7, 11) is -3.27. The normalized spacial score (nSPS) is 19.9. The molecule has 0 amide bonds. The molecule has 14 heavy (non-hydrogen) atoms. The topological polar surface area (TPSA) is 50.3 Å². The van der Waals surface area contributed by atoms with E-state index >= 15 is 0 Å². The second-order valence-corrected chi connectivity index (χ2v) is 5.49. The number of fused-ring (bicyclic) bond motifs is 1. The van der Waals surface area contributed by atoms with Crippen molar-refractivity contribution in [1.82, 2.24) is 9.29 Å². The summed E-state index contributed by atoms with van der Waals surface area (Å²) in [5, 5.41) is 0. The van der Waals surface area contributed by atoms with Gasteiger partial charge in [-0.1, -0.05) is 0 Å². The molecule has 4 nitrogen and oxygen atoms in total. The van der Waals surface area contributed by atoms with Gasteiger partial charge in [0.2, 0.25) is 10.0 Å². The van der Waals surface area contributed by atoms with Crippen LogP contribution in [0.5, 0.6) is 0 Å². The molecule has 0 fully saturated rings. The molecule has 1 aromatic rings. The lowest BCUT2D eigenvalue weighted by molar-refractivity contribution is 0.363. The van der Waals surface area contributed by atoms with Crippen LogP contribution < -0.4 is 0 Å². The molecule has 0 unspecified atom stereocenters. The van der Waals surface area contributed by atoms with Crippen molar-refractivity contribution in [3.8, 4) is 0 Å². The molecule has 0 saturated carbocycles. The minimum atomic E-state index is -3.27. The molecule has 0 atom stereocenters. The van der Waals surface area contributed by atoms with Gasteiger partial charge >= 0.3 is 0 Å². The number of aromatic nitrogens is 1. The number of hydrogen-bond acceptors (Lipinski definition) is 3. The Hall–Kier alpha value is -0.940. The molecule has 5 heteroatoms. The highest BCUT2D eigenvalue weighted by molar-refractivity contribution is 7.89. The van der Waals surface area contributed by atoms with E-state index in [9.17, 15) is 8.42 Å². The van der Waals surface area contributed by atoms with Crippen LogP contribution >= 0.6 is 0 Å². The van der Waals surface area contributed by atoms with Crippen molar-refractivity contribution < 1.29 is 8.42 Å². The smallest absolute Gasteiger partial charge is 0.245 e. The van der Waals surface area contributed by atoms with Crippen molar-refractivity contribution in [1.29, 1.82) is 0 Å². The lowest BCUT2D eigenvalue weighted by Crippen LogP contribution is -2.31. The lowest BCUT2D eigenvalue weighted by atomic mass is 10.2. The van der Waals surface area contributed by atoms with Crippen molar-refractivity contribution >= 4 is 10.0 Å². The van der Waals surface area contributed by atoms with Crippen molar-refractivity contribution in [2.24, 2.45) is 0 Å². The fourth-order valence-corrected chi connectivity index (χ4v) is 3.39. The van der Waals surface area contributed by atoms with Crippen molar-refractivity contribution in [3.63, 3.8) is 0 Å².